The lowest BCUT2D eigenvalue weighted by Crippen LogP contribution is -2.36. The molecule has 1 aliphatic rings. The molecule has 0 aromatic carbocycles. The van der Waals surface area contributed by atoms with Gasteiger partial charge < -0.3 is 10.2 Å². The number of carboxylic acid groups (broad SMARTS) is 1. The third kappa shape index (κ3) is 1.42. The molecule has 1 heterocycles. The number of imide groups is 1. The highest BCUT2D eigenvalue weighted by atomic mass is 16.4. The van der Waals surface area contributed by atoms with Crippen molar-refractivity contribution in [3.8, 4) is 0 Å². The summed E-state index contributed by atoms with van der Waals surface area (Å²) in [6.45, 7) is -0.672. The smallest absolute Gasteiger partial charge is 0.323 e. The largest absolute Gasteiger partial charge is 0.480 e. The average molecular weight is 173 g/mol. The molecular formula is C6H7NO5. The molecule has 0 aliphatic carbocycles. The Morgan fingerprint density at radius 2 is 2.17 bits per heavy atom. The number of hydrogen-bond acceptors (Lipinski definition) is 4. The minimum Gasteiger partial charge on any atom is -0.480 e. The van der Waals surface area contributed by atoms with Gasteiger partial charge in [-0.15, -0.1) is 0 Å². The maximum Gasteiger partial charge on any atom is 0.323 e. The molecule has 0 aromatic heterocycles. The monoisotopic (exact) mass is 173 g/mol. The summed E-state index contributed by atoms with van der Waals surface area (Å²) < 4.78 is 0. The fourth-order valence-corrected chi connectivity index (χ4v) is 0.967. The van der Waals surface area contributed by atoms with Gasteiger partial charge in [0.05, 0.1) is 6.42 Å². The van der Waals surface area contributed by atoms with Crippen molar-refractivity contribution in [1.29, 1.82) is 0 Å². The van der Waals surface area contributed by atoms with Crippen molar-refractivity contribution in [3.05, 3.63) is 0 Å². The highest BCUT2D eigenvalue weighted by Gasteiger charge is 2.38. The molecule has 1 rings (SSSR count). The van der Waals surface area contributed by atoms with Gasteiger partial charge in [0.1, 0.15) is 12.6 Å². The zero-order valence-electron chi connectivity index (χ0n) is 6.06. The zero-order valence-corrected chi connectivity index (χ0v) is 6.06. The van der Waals surface area contributed by atoms with Crippen LogP contribution in [0.25, 0.3) is 0 Å². The van der Waals surface area contributed by atoms with Crippen LogP contribution >= 0.6 is 0 Å². The molecule has 12 heavy (non-hydrogen) atoms. The van der Waals surface area contributed by atoms with Gasteiger partial charge in [0.15, 0.2) is 0 Å². The summed E-state index contributed by atoms with van der Waals surface area (Å²) in [5.41, 5.74) is 0. The van der Waals surface area contributed by atoms with E-state index in [0.29, 0.717) is 4.90 Å². The summed E-state index contributed by atoms with van der Waals surface area (Å²) >= 11 is 0. The van der Waals surface area contributed by atoms with Gasteiger partial charge >= 0.3 is 5.97 Å². The fraction of sp³-hybridized carbons (Fsp3) is 0.500. The lowest BCUT2D eigenvalue weighted by Gasteiger charge is -2.09. The van der Waals surface area contributed by atoms with Crippen LogP contribution in [0.4, 0.5) is 0 Å². The fourth-order valence-electron chi connectivity index (χ4n) is 0.967. The van der Waals surface area contributed by atoms with Gasteiger partial charge in [-0.1, -0.05) is 0 Å². The molecule has 2 N–H and O–H groups in total. The average Bonchev–Trinajstić information content (AvgIpc) is 2.16. The van der Waals surface area contributed by atoms with Crippen LogP contribution in [0, 0.1) is 0 Å². The van der Waals surface area contributed by atoms with E-state index in [4.69, 9.17) is 10.2 Å². The van der Waals surface area contributed by atoms with Crippen LogP contribution in [0.15, 0.2) is 0 Å². The van der Waals surface area contributed by atoms with Gasteiger partial charge in [-0.25, -0.2) is 0 Å². The Kier molecular flexibility index (Phi) is 2.09. The first kappa shape index (κ1) is 8.66. The summed E-state index contributed by atoms with van der Waals surface area (Å²) in [7, 11) is 0. The number of likely N-dealkylation sites (tertiary alicyclic amines) is 1. The number of aliphatic hydroxyl groups is 1. The first-order valence-corrected chi connectivity index (χ1v) is 3.26. The van der Waals surface area contributed by atoms with Crippen LogP contribution in [0.1, 0.15) is 6.42 Å². The van der Waals surface area contributed by atoms with E-state index in [1.807, 2.05) is 0 Å². The Hall–Kier alpha value is -1.43. The Bertz CT molecular complexity index is 248. The minimum absolute atomic E-state index is 0.313. The van der Waals surface area contributed by atoms with Gasteiger partial charge in [-0.2, -0.15) is 0 Å². The topological polar surface area (TPSA) is 94.9 Å². The highest BCUT2D eigenvalue weighted by molar-refractivity contribution is 6.06. The van der Waals surface area contributed by atoms with Gasteiger partial charge in [-0.05, 0) is 0 Å². The maximum atomic E-state index is 10.8. The molecule has 0 spiro atoms. The lowest BCUT2D eigenvalue weighted by atomic mass is 10.3. The van der Waals surface area contributed by atoms with E-state index < -0.39 is 30.4 Å². The van der Waals surface area contributed by atoms with Crippen molar-refractivity contribution >= 4 is 17.8 Å². The predicted octanol–water partition coefficient (Wildman–Crippen LogP) is -1.81. The van der Waals surface area contributed by atoms with Crippen LogP contribution in [0.5, 0.6) is 0 Å². The van der Waals surface area contributed by atoms with E-state index in [-0.39, 0.29) is 6.42 Å². The molecule has 1 saturated heterocycles. The van der Waals surface area contributed by atoms with Crippen molar-refractivity contribution in [3.63, 3.8) is 0 Å². The second kappa shape index (κ2) is 2.90. The molecule has 1 aliphatic heterocycles. The molecule has 1 unspecified atom stereocenters. The summed E-state index contributed by atoms with van der Waals surface area (Å²) in [6.07, 6.45) is -1.68. The Morgan fingerprint density at radius 3 is 2.50 bits per heavy atom. The Morgan fingerprint density at radius 1 is 1.58 bits per heavy atom. The highest BCUT2D eigenvalue weighted by Crippen LogP contribution is 2.11. The molecule has 2 amide bonds. The quantitative estimate of drug-likeness (QED) is 0.480. The summed E-state index contributed by atoms with van der Waals surface area (Å²) in [4.78, 5) is 32.3. The second-order valence-corrected chi connectivity index (χ2v) is 2.43. The van der Waals surface area contributed by atoms with Crippen LogP contribution in [0.3, 0.4) is 0 Å². The number of rotatable bonds is 2. The molecule has 66 valence electrons. The van der Waals surface area contributed by atoms with Crippen LogP contribution in [-0.2, 0) is 14.4 Å². The van der Waals surface area contributed by atoms with Crippen LogP contribution in [-0.4, -0.2) is 45.5 Å². The molecule has 0 aromatic rings. The molecular weight excluding hydrogens is 166 g/mol. The molecule has 0 bridgehead atoms. The van der Waals surface area contributed by atoms with Crippen molar-refractivity contribution < 1.29 is 24.6 Å². The third-order valence-electron chi connectivity index (χ3n) is 1.51. The van der Waals surface area contributed by atoms with Gasteiger partial charge in [0, 0.05) is 0 Å². The van der Waals surface area contributed by atoms with Crippen molar-refractivity contribution in [1.82, 2.24) is 4.90 Å². The molecule has 1 atom stereocenters. The van der Waals surface area contributed by atoms with Crippen molar-refractivity contribution in [2.75, 3.05) is 6.54 Å². The molecule has 0 radical (unpaired) electrons. The first-order valence-electron chi connectivity index (χ1n) is 3.26. The van der Waals surface area contributed by atoms with Crippen LogP contribution < -0.4 is 0 Å². The van der Waals surface area contributed by atoms with Gasteiger partial charge in [0.2, 0.25) is 5.91 Å². The Balaban J connectivity index is 2.70. The number of carboxylic acids is 1. The number of aliphatic hydroxyl groups excluding tert-OH is 1. The summed E-state index contributed by atoms with van der Waals surface area (Å²) in [5, 5.41) is 17.1. The number of carbonyl (C=O) groups is 3. The van der Waals surface area contributed by atoms with Crippen molar-refractivity contribution in [2.24, 2.45) is 0 Å². The first-order chi connectivity index (χ1) is 5.52. The number of hydrogen-bond donors (Lipinski definition) is 2. The number of amides is 2. The van der Waals surface area contributed by atoms with Crippen molar-refractivity contribution in [2.45, 2.75) is 12.5 Å². The van der Waals surface area contributed by atoms with Gasteiger partial charge in [0.25, 0.3) is 5.91 Å². The SMILES string of the molecule is O=C(O)CN1C(=O)CC(O)C1=O. The van der Waals surface area contributed by atoms with E-state index in [0.717, 1.165) is 0 Å². The second-order valence-electron chi connectivity index (χ2n) is 2.43. The summed E-state index contributed by atoms with van der Waals surface area (Å²) in [6, 6.07) is 0. The van der Waals surface area contributed by atoms with E-state index in [1.165, 1.54) is 0 Å². The Labute approximate surface area is 67.4 Å². The molecule has 1 fully saturated rings. The number of nitrogens with zero attached hydrogens (tertiary/aromatic N) is 1. The standard InChI is InChI=1S/C6H7NO5/c8-3-1-4(9)7(6(3)12)2-5(10)11/h3,8H,1-2H2,(H,10,11). The maximum absolute atomic E-state index is 10.8. The van der Waals surface area contributed by atoms with E-state index in [2.05, 4.69) is 0 Å². The van der Waals surface area contributed by atoms with Crippen LogP contribution in [0.2, 0.25) is 0 Å². The molecule has 6 nitrogen and oxygen atoms in total. The third-order valence-corrected chi connectivity index (χ3v) is 1.51. The summed E-state index contributed by atoms with van der Waals surface area (Å²) in [5.74, 6) is -2.75. The minimum atomic E-state index is -1.36. The molecule has 0 saturated carbocycles. The van der Waals surface area contributed by atoms with E-state index in [1.54, 1.807) is 0 Å². The number of aliphatic carboxylic acids is 1. The number of carbonyl (C=O) groups excluding carboxylic acids is 2. The van der Waals surface area contributed by atoms with E-state index >= 15 is 0 Å². The predicted molar refractivity (Wildman–Crippen MR) is 35.0 cm³/mol. The lowest BCUT2D eigenvalue weighted by molar-refractivity contribution is -0.149. The van der Waals surface area contributed by atoms with Gasteiger partial charge in [-0.3, -0.25) is 19.3 Å². The molecule has 6 heteroatoms. The zero-order chi connectivity index (χ0) is 9.30. The van der Waals surface area contributed by atoms with E-state index in [9.17, 15) is 14.4 Å². The normalized spacial score (nSPS) is 23.4.